The van der Waals surface area contributed by atoms with Crippen molar-refractivity contribution in [2.24, 2.45) is 5.73 Å². The molecule has 2 atom stereocenters. The third-order valence-electron chi connectivity index (χ3n) is 3.40. The zero-order chi connectivity index (χ0) is 10.7. The monoisotopic (exact) mass is 224 g/mol. The van der Waals surface area contributed by atoms with Crippen molar-refractivity contribution in [1.29, 1.82) is 0 Å². The molecule has 2 heterocycles. The van der Waals surface area contributed by atoms with Gasteiger partial charge in [-0.05, 0) is 37.8 Å². The Kier molecular flexibility index (Phi) is 3.78. The summed E-state index contributed by atoms with van der Waals surface area (Å²) in [6.07, 6.45) is 3.94. The molecule has 0 bridgehead atoms. The second-order valence-corrected chi connectivity index (χ2v) is 5.29. The van der Waals surface area contributed by atoms with Gasteiger partial charge in [0.1, 0.15) is 0 Å². The summed E-state index contributed by atoms with van der Waals surface area (Å²) in [6.45, 7) is 4.32. The van der Waals surface area contributed by atoms with E-state index in [1.807, 2.05) is 11.3 Å². The molecular formula is C12H20N2S. The number of nitrogens with two attached hydrogens (primary N) is 1. The van der Waals surface area contributed by atoms with Crippen LogP contribution in [0.5, 0.6) is 0 Å². The second kappa shape index (κ2) is 5.10. The lowest BCUT2D eigenvalue weighted by Crippen LogP contribution is -2.45. The van der Waals surface area contributed by atoms with E-state index >= 15 is 0 Å². The van der Waals surface area contributed by atoms with Gasteiger partial charge in [0.2, 0.25) is 0 Å². The van der Waals surface area contributed by atoms with Crippen molar-refractivity contribution in [3.8, 4) is 0 Å². The Morgan fingerprint density at radius 3 is 3.13 bits per heavy atom. The maximum Gasteiger partial charge on any atom is 0.0416 e. The van der Waals surface area contributed by atoms with E-state index in [4.69, 9.17) is 5.73 Å². The van der Waals surface area contributed by atoms with Crippen molar-refractivity contribution >= 4 is 11.3 Å². The highest BCUT2D eigenvalue weighted by Gasteiger charge is 2.26. The summed E-state index contributed by atoms with van der Waals surface area (Å²) in [4.78, 5) is 4.05. The summed E-state index contributed by atoms with van der Waals surface area (Å²) < 4.78 is 0. The van der Waals surface area contributed by atoms with E-state index in [9.17, 15) is 0 Å². The number of thiophene rings is 1. The van der Waals surface area contributed by atoms with Crippen LogP contribution in [0.15, 0.2) is 17.5 Å². The highest BCUT2D eigenvalue weighted by atomic mass is 32.1. The first-order valence-corrected chi connectivity index (χ1v) is 6.70. The summed E-state index contributed by atoms with van der Waals surface area (Å²) in [5.74, 6) is 0. The maximum atomic E-state index is 5.85. The molecule has 0 radical (unpaired) electrons. The zero-order valence-electron chi connectivity index (χ0n) is 9.36. The topological polar surface area (TPSA) is 29.3 Å². The van der Waals surface area contributed by atoms with Crippen molar-refractivity contribution < 1.29 is 0 Å². The van der Waals surface area contributed by atoms with Crippen LogP contribution in [0.3, 0.4) is 0 Å². The van der Waals surface area contributed by atoms with Crippen molar-refractivity contribution in [2.75, 3.05) is 13.1 Å². The fourth-order valence-electron chi connectivity index (χ4n) is 2.48. The quantitative estimate of drug-likeness (QED) is 0.855. The summed E-state index contributed by atoms with van der Waals surface area (Å²) in [5, 5.41) is 2.16. The first-order chi connectivity index (χ1) is 7.33. The number of hydrogen-bond acceptors (Lipinski definition) is 3. The van der Waals surface area contributed by atoms with Crippen molar-refractivity contribution in [3.05, 3.63) is 22.4 Å². The van der Waals surface area contributed by atoms with Crippen molar-refractivity contribution in [3.63, 3.8) is 0 Å². The molecule has 0 saturated carbocycles. The van der Waals surface area contributed by atoms with E-state index in [1.54, 1.807) is 0 Å². The molecule has 1 aromatic rings. The van der Waals surface area contributed by atoms with Gasteiger partial charge in [0.15, 0.2) is 0 Å². The highest BCUT2D eigenvalue weighted by Crippen LogP contribution is 2.30. The second-order valence-electron chi connectivity index (χ2n) is 4.31. The third-order valence-corrected chi connectivity index (χ3v) is 4.44. The van der Waals surface area contributed by atoms with Gasteiger partial charge in [-0.1, -0.05) is 12.5 Å². The molecule has 0 amide bonds. The molecule has 0 unspecified atom stereocenters. The molecule has 2 N–H and O–H groups in total. The number of likely N-dealkylation sites (tertiary alicyclic amines) is 1. The van der Waals surface area contributed by atoms with Gasteiger partial charge >= 0.3 is 0 Å². The third kappa shape index (κ3) is 2.41. The molecular weight excluding hydrogens is 204 g/mol. The Balaban J connectivity index is 2.07. The molecule has 3 heteroatoms. The minimum absolute atomic E-state index is 0.541. The lowest BCUT2D eigenvalue weighted by Gasteiger charge is -2.39. The van der Waals surface area contributed by atoms with E-state index < -0.39 is 0 Å². The smallest absolute Gasteiger partial charge is 0.0416 e. The number of rotatable bonds is 3. The van der Waals surface area contributed by atoms with Crippen LogP contribution < -0.4 is 5.73 Å². The fourth-order valence-corrected chi connectivity index (χ4v) is 3.28. The summed E-state index contributed by atoms with van der Waals surface area (Å²) >= 11 is 1.85. The minimum atomic E-state index is 0.541. The Hall–Kier alpha value is -0.380. The highest BCUT2D eigenvalue weighted by molar-refractivity contribution is 7.10. The average Bonchev–Trinajstić information content (AvgIpc) is 2.81. The van der Waals surface area contributed by atoms with Crippen LogP contribution in [0.1, 0.15) is 37.1 Å². The van der Waals surface area contributed by atoms with Gasteiger partial charge in [0.05, 0.1) is 0 Å². The molecule has 0 aromatic carbocycles. The molecule has 2 rings (SSSR count). The van der Waals surface area contributed by atoms with E-state index in [0.29, 0.717) is 12.1 Å². The Labute approximate surface area is 96.1 Å². The van der Waals surface area contributed by atoms with Crippen LogP contribution in [0.25, 0.3) is 0 Å². The van der Waals surface area contributed by atoms with E-state index in [-0.39, 0.29) is 0 Å². The Bertz CT molecular complexity index is 284. The van der Waals surface area contributed by atoms with E-state index in [0.717, 1.165) is 6.54 Å². The van der Waals surface area contributed by atoms with Crippen LogP contribution in [0.2, 0.25) is 0 Å². The Morgan fingerprint density at radius 1 is 1.60 bits per heavy atom. The molecule has 1 saturated heterocycles. The molecule has 1 aliphatic heterocycles. The van der Waals surface area contributed by atoms with Crippen LogP contribution in [-0.2, 0) is 0 Å². The lowest BCUT2D eigenvalue weighted by molar-refractivity contribution is 0.109. The predicted octanol–water partition coefficient (Wildman–Crippen LogP) is 2.62. The standard InChI is InChI=1S/C12H20N2S/c1-10(12-6-4-8-15-12)14-7-3-2-5-11(14)9-13/h4,6,8,10-11H,2-3,5,7,9,13H2,1H3/t10-,11+/m0/s1. The number of hydrogen-bond donors (Lipinski definition) is 1. The molecule has 0 aliphatic carbocycles. The molecule has 15 heavy (non-hydrogen) atoms. The average molecular weight is 224 g/mol. The molecule has 0 spiro atoms. The Morgan fingerprint density at radius 2 is 2.47 bits per heavy atom. The number of nitrogens with zero attached hydrogens (tertiary/aromatic N) is 1. The van der Waals surface area contributed by atoms with E-state index in [2.05, 4.69) is 29.3 Å². The van der Waals surface area contributed by atoms with Crippen LogP contribution in [0.4, 0.5) is 0 Å². The van der Waals surface area contributed by atoms with Crippen molar-refractivity contribution in [2.45, 2.75) is 38.3 Å². The molecule has 84 valence electrons. The van der Waals surface area contributed by atoms with Gasteiger partial charge in [-0.2, -0.15) is 0 Å². The molecule has 1 aromatic heterocycles. The first-order valence-electron chi connectivity index (χ1n) is 5.82. The summed E-state index contributed by atoms with van der Waals surface area (Å²) in [5.41, 5.74) is 5.85. The zero-order valence-corrected chi connectivity index (χ0v) is 10.2. The summed E-state index contributed by atoms with van der Waals surface area (Å²) in [6, 6.07) is 5.50. The molecule has 1 aliphatic rings. The fraction of sp³-hybridized carbons (Fsp3) is 0.667. The van der Waals surface area contributed by atoms with Gasteiger partial charge in [-0.25, -0.2) is 0 Å². The van der Waals surface area contributed by atoms with Crippen LogP contribution in [-0.4, -0.2) is 24.0 Å². The summed E-state index contributed by atoms with van der Waals surface area (Å²) in [7, 11) is 0. The van der Waals surface area contributed by atoms with Crippen LogP contribution >= 0.6 is 11.3 Å². The minimum Gasteiger partial charge on any atom is -0.329 e. The normalized spacial score (nSPS) is 25.3. The van der Waals surface area contributed by atoms with Crippen molar-refractivity contribution in [1.82, 2.24) is 4.90 Å². The van der Waals surface area contributed by atoms with Gasteiger partial charge in [-0.15, -0.1) is 11.3 Å². The predicted molar refractivity (Wildman–Crippen MR) is 66.1 cm³/mol. The maximum absolute atomic E-state index is 5.85. The van der Waals surface area contributed by atoms with Crippen LogP contribution in [0, 0.1) is 0 Å². The lowest BCUT2D eigenvalue weighted by atomic mass is 10.00. The van der Waals surface area contributed by atoms with Gasteiger partial charge < -0.3 is 5.73 Å². The molecule has 1 fully saturated rings. The molecule has 2 nitrogen and oxygen atoms in total. The van der Waals surface area contributed by atoms with E-state index in [1.165, 1.54) is 30.7 Å². The van der Waals surface area contributed by atoms with Gasteiger partial charge in [0, 0.05) is 23.5 Å². The SMILES string of the molecule is C[C@@H](c1cccs1)N1CCCC[C@@H]1CN. The number of piperidine rings is 1. The largest absolute Gasteiger partial charge is 0.329 e. The first kappa shape index (κ1) is 11.1. The van der Waals surface area contributed by atoms with Gasteiger partial charge in [-0.3, -0.25) is 4.90 Å². The van der Waals surface area contributed by atoms with Gasteiger partial charge in [0.25, 0.3) is 0 Å².